The Morgan fingerprint density at radius 1 is 1.37 bits per heavy atom. The third-order valence-corrected chi connectivity index (χ3v) is 5.27. The third-order valence-electron chi connectivity index (χ3n) is 4.05. The summed E-state index contributed by atoms with van der Waals surface area (Å²) < 4.78 is 0. The van der Waals surface area contributed by atoms with Gasteiger partial charge in [-0.05, 0) is 38.3 Å². The minimum absolute atomic E-state index is 0.232. The molecule has 1 fully saturated rings. The Labute approximate surface area is 122 Å². The van der Waals surface area contributed by atoms with Crippen molar-refractivity contribution in [3.63, 3.8) is 0 Å². The van der Waals surface area contributed by atoms with Gasteiger partial charge in [0.15, 0.2) is 0 Å². The van der Waals surface area contributed by atoms with Gasteiger partial charge in [0, 0.05) is 41.0 Å². The zero-order valence-electron chi connectivity index (χ0n) is 13.0. The number of nitrogens with one attached hydrogen (secondary N) is 1. The summed E-state index contributed by atoms with van der Waals surface area (Å²) >= 11 is 1.98. The van der Waals surface area contributed by atoms with Crippen LogP contribution < -0.4 is 5.32 Å². The molecule has 1 N–H and O–H groups in total. The molecule has 1 aromatic rings. The largest absolute Gasteiger partial charge is 0.309 e. The van der Waals surface area contributed by atoms with Crippen molar-refractivity contribution < 1.29 is 0 Å². The van der Waals surface area contributed by atoms with E-state index in [4.69, 9.17) is 0 Å². The standard InChI is InChI=1S/C16H28N2S/c1-6-13-7-8-14(19-13)10-18-11-16(4,5)17-9-15(18)12(2)3/h7-8,12,15,17H,6,9-11H2,1-5H3. The first-order chi connectivity index (χ1) is 8.91. The summed E-state index contributed by atoms with van der Waals surface area (Å²) in [6, 6.07) is 5.26. The summed E-state index contributed by atoms with van der Waals surface area (Å²) in [6.07, 6.45) is 1.16. The summed E-state index contributed by atoms with van der Waals surface area (Å²) in [5, 5.41) is 3.68. The van der Waals surface area contributed by atoms with Gasteiger partial charge >= 0.3 is 0 Å². The molecule has 1 saturated heterocycles. The molecule has 2 rings (SSSR count). The van der Waals surface area contributed by atoms with Crippen molar-refractivity contribution in [1.82, 2.24) is 10.2 Å². The fraction of sp³-hybridized carbons (Fsp3) is 0.750. The lowest BCUT2D eigenvalue weighted by molar-refractivity contribution is 0.0636. The molecule has 0 radical (unpaired) electrons. The fourth-order valence-electron chi connectivity index (χ4n) is 2.92. The molecule has 108 valence electrons. The van der Waals surface area contributed by atoms with Gasteiger partial charge in [-0.3, -0.25) is 4.90 Å². The minimum atomic E-state index is 0.232. The van der Waals surface area contributed by atoms with Crippen LogP contribution in [-0.2, 0) is 13.0 Å². The molecule has 0 amide bonds. The predicted octanol–water partition coefficient (Wildman–Crippen LogP) is 3.52. The van der Waals surface area contributed by atoms with E-state index in [9.17, 15) is 0 Å². The lowest BCUT2D eigenvalue weighted by Gasteiger charge is -2.46. The molecule has 1 aliphatic heterocycles. The number of hydrogen-bond acceptors (Lipinski definition) is 3. The molecule has 2 heterocycles. The number of aryl methyl sites for hydroxylation is 1. The fourth-order valence-corrected chi connectivity index (χ4v) is 3.90. The molecule has 1 aliphatic rings. The smallest absolute Gasteiger partial charge is 0.0332 e. The summed E-state index contributed by atoms with van der Waals surface area (Å²) in [6.45, 7) is 14.9. The van der Waals surface area contributed by atoms with Crippen LogP contribution in [0.2, 0.25) is 0 Å². The van der Waals surface area contributed by atoms with Crippen molar-refractivity contribution in [3.8, 4) is 0 Å². The van der Waals surface area contributed by atoms with Crippen LogP contribution in [0.4, 0.5) is 0 Å². The topological polar surface area (TPSA) is 15.3 Å². The summed E-state index contributed by atoms with van der Waals surface area (Å²) in [7, 11) is 0. The Bertz CT molecular complexity index is 409. The van der Waals surface area contributed by atoms with Crippen molar-refractivity contribution >= 4 is 11.3 Å². The predicted molar refractivity (Wildman–Crippen MR) is 84.8 cm³/mol. The molecule has 0 bridgehead atoms. The number of rotatable bonds is 4. The molecule has 1 unspecified atom stereocenters. The number of thiophene rings is 1. The van der Waals surface area contributed by atoms with E-state index in [1.807, 2.05) is 11.3 Å². The number of hydrogen-bond donors (Lipinski definition) is 1. The molecule has 1 atom stereocenters. The van der Waals surface area contributed by atoms with Crippen LogP contribution >= 0.6 is 11.3 Å². The van der Waals surface area contributed by atoms with Gasteiger partial charge in [-0.1, -0.05) is 20.8 Å². The molecule has 1 aromatic heterocycles. The maximum absolute atomic E-state index is 3.68. The maximum atomic E-state index is 3.68. The van der Waals surface area contributed by atoms with E-state index in [2.05, 4.69) is 57.0 Å². The molecular formula is C16H28N2S. The molecule has 0 aromatic carbocycles. The highest BCUT2D eigenvalue weighted by atomic mass is 32.1. The second-order valence-electron chi connectivity index (χ2n) is 6.70. The van der Waals surface area contributed by atoms with Crippen molar-refractivity contribution in [2.45, 2.75) is 59.2 Å². The highest BCUT2D eigenvalue weighted by molar-refractivity contribution is 7.11. The highest BCUT2D eigenvalue weighted by Crippen LogP contribution is 2.25. The van der Waals surface area contributed by atoms with Gasteiger partial charge in [-0.15, -0.1) is 11.3 Å². The van der Waals surface area contributed by atoms with Gasteiger partial charge in [0.25, 0.3) is 0 Å². The summed E-state index contributed by atoms with van der Waals surface area (Å²) in [4.78, 5) is 5.69. The number of nitrogens with zero attached hydrogens (tertiary/aromatic N) is 1. The first-order valence-electron chi connectivity index (χ1n) is 7.48. The Hall–Kier alpha value is -0.380. The van der Waals surface area contributed by atoms with Crippen molar-refractivity contribution in [2.75, 3.05) is 13.1 Å². The molecule has 2 nitrogen and oxygen atoms in total. The second kappa shape index (κ2) is 5.94. The zero-order valence-corrected chi connectivity index (χ0v) is 13.8. The van der Waals surface area contributed by atoms with Crippen LogP contribution in [0.5, 0.6) is 0 Å². The van der Waals surface area contributed by atoms with E-state index in [0.717, 1.165) is 26.1 Å². The Morgan fingerprint density at radius 3 is 2.63 bits per heavy atom. The quantitative estimate of drug-likeness (QED) is 0.908. The van der Waals surface area contributed by atoms with E-state index in [-0.39, 0.29) is 5.54 Å². The van der Waals surface area contributed by atoms with Gasteiger partial charge in [0.1, 0.15) is 0 Å². The minimum Gasteiger partial charge on any atom is -0.309 e. The normalized spacial score (nSPS) is 24.0. The van der Waals surface area contributed by atoms with E-state index in [0.29, 0.717) is 12.0 Å². The Kier molecular flexibility index (Phi) is 4.70. The van der Waals surface area contributed by atoms with Crippen LogP contribution in [0, 0.1) is 5.92 Å². The Morgan fingerprint density at radius 2 is 2.05 bits per heavy atom. The highest BCUT2D eigenvalue weighted by Gasteiger charge is 2.33. The van der Waals surface area contributed by atoms with Gasteiger partial charge < -0.3 is 5.32 Å². The molecular weight excluding hydrogens is 252 g/mol. The van der Waals surface area contributed by atoms with E-state index >= 15 is 0 Å². The van der Waals surface area contributed by atoms with Crippen LogP contribution in [0.15, 0.2) is 12.1 Å². The average Bonchev–Trinajstić information content (AvgIpc) is 2.75. The van der Waals surface area contributed by atoms with Crippen LogP contribution in [0.25, 0.3) is 0 Å². The first-order valence-corrected chi connectivity index (χ1v) is 8.29. The van der Waals surface area contributed by atoms with Crippen LogP contribution in [0.1, 0.15) is 44.4 Å². The molecule has 0 saturated carbocycles. The molecule has 19 heavy (non-hydrogen) atoms. The molecule has 3 heteroatoms. The lowest BCUT2D eigenvalue weighted by atomic mass is 9.93. The number of piperazine rings is 1. The SMILES string of the molecule is CCc1ccc(CN2CC(C)(C)NCC2C(C)C)s1. The van der Waals surface area contributed by atoms with Crippen molar-refractivity contribution in [2.24, 2.45) is 5.92 Å². The first kappa shape index (κ1) is 15.0. The lowest BCUT2D eigenvalue weighted by Crippen LogP contribution is -2.62. The maximum Gasteiger partial charge on any atom is 0.0332 e. The third kappa shape index (κ3) is 3.80. The van der Waals surface area contributed by atoms with E-state index in [1.165, 1.54) is 9.75 Å². The van der Waals surface area contributed by atoms with E-state index < -0.39 is 0 Å². The zero-order chi connectivity index (χ0) is 14.0. The van der Waals surface area contributed by atoms with Crippen molar-refractivity contribution in [1.29, 1.82) is 0 Å². The molecule has 0 spiro atoms. The summed E-state index contributed by atoms with van der Waals surface area (Å²) in [5.41, 5.74) is 0.232. The monoisotopic (exact) mass is 280 g/mol. The van der Waals surface area contributed by atoms with Crippen LogP contribution in [-0.4, -0.2) is 29.6 Å². The van der Waals surface area contributed by atoms with Gasteiger partial charge in [-0.25, -0.2) is 0 Å². The second-order valence-corrected chi connectivity index (χ2v) is 7.96. The van der Waals surface area contributed by atoms with E-state index in [1.54, 1.807) is 0 Å². The summed E-state index contributed by atoms with van der Waals surface area (Å²) in [5.74, 6) is 0.703. The van der Waals surface area contributed by atoms with Crippen molar-refractivity contribution in [3.05, 3.63) is 21.9 Å². The van der Waals surface area contributed by atoms with Gasteiger partial charge in [-0.2, -0.15) is 0 Å². The molecule has 0 aliphatic carbocycles. The van der Waals surface area contributed by atoms with Gasteiger partial charge in [0.2, 0.25) is 0 Å². The average molecular weight is 280 g/mol. The van der Waals surface area contributed by atoms with Gasteiger partial charge in [0.05, 0.1) is 0 Å². The van der Waals surface area contributed by atoms with Crippen LogP contribution in [0.3, 0.4) is 0 Å². The Balaban J connectivity index is 2.09.